The summed E-state index contributed by atoms with van der Waals surface area (Å²) in [5.74, 6) is 1.12. The fourth-order valence-electron chi connectivity index (χ4n) is 2.34. The zero-order valence-corrected chi connectivity index (χ0v) is 21.7. The predicted octanol–water partition coefficient (Wildman–Crippen LogP) is 7.06. The van der Waals surface area contributed by atoms with E-state index in [0.717, 1.165) is 11.4 Å². The van der Waals surface area contributed by atoms with Crippen LogP contribution in [0.3, 0.4) is 0 Å². The molecule has 5 heteroatoms. The predicted molar refractivity (Wildman–Crippen MR) is 134 cm³/mol. The molecule has 2 N–H and O–H groups in total. The molecule has 1 aromatic carbocycles. The van der Waals surface area contributed by atoms with E-state index in [1.54, 1.807) is 12.9 Å². The van der Waals surface area contributed by atoms with Gasteiger partial charge in [0.2, 0.25) is 5.91 Å². The number of amides is 1. The molecule has 1 atom stereocenters. The summed E-state index contributed by atoms with van der Waals surface area (Å²) in [6.07, 6.45) is 5.80. The number of benzene rings is 1. The zero-order valence-electron chi connectivity index (χ0n) is 20.9. The molecule has 178 valence electrons. The third-order valence-electron chi connectivity index (χ3n) is 4.30. The number of carbonyl (C=O) groups excluding carboxylic acids is 3. The van der Waals surface area contributed by atoms with Gasteiger partial charge in [-0.2, -0.15) is 0 Å². The van der Waals surface area contributed by atoms with Crippen LogP contribution in [0.2, 0.25) is 5.02 Å². The molecule has 31 heavy (non-hydrogen) atoms. The van der Waals surface area contributed by atoms with E-state index in [1.807, 2.05) is 26.0 Å². The molecule has 0 aliphatic heterocycles. The van der Waals surface area contributed by atoms with Gasteiger partial charge in [-0.25, -0.2) is 4.79 Å². The van der Waals surface area contributed by atoms with Gasteiger partial charge in [-0.15, -0.1) is 0 Å². The fraction of sp³-hybridized carbons (Fsp3) is 0.615. The van der Waals surface area contributed by atoms with Crippen molar-refractivity contribution in [2.45, 2.75) is 100 Å². The first kappa shape index (κ1) is 33.7. The minimum atomic E-state index is -0.451. The number of primary amides is 1. The number of carbonyl (C=O) groups is 2. The summed E-state index contributed by atoms with van der Waals surface area (Å²) >= 11 is 5.82. The molecular formula is C26H44ClNO3. The standard InChI is InChI=1S/C10H13Cl.C10H15NO3.C4H10.C2H6/c1-3-4-9-5-6-10(11)7-8(9)2;1-7(5-10(11)14)9(6-12)4-3-8(2)13;1-3-4-2;1-2/h5-7H,3-4H2,1-2H3;7H,3-5H2,1-2H3,(H2,11,14);3-4H2,1-2H3;1-2H3. The van der Waals surface area contributed by atoms with E-state index in [2.05, 4.69) is 33.8 Å². The van der Waals surface area contributed by atoms with Crippen LogP contribution >= 0.6 is 11.6 Å². The molecule has 0 bridgehead atoms. The van der Waals surface area contributed by atoms with Gasteiger partial charge in [0, 0.05) is 23.4 Å². The highest BCUT2D eigenvalue weighted by molar-refractivity contribution is 6.30. The molecule has 0 aromatic heterocycles. The lowest BCUT2D eigenvalue weighted by Crippen LogP contribution is -2.16. The van der Waals surface area contributed by atoms with Crippen molar-refractivity contribution in [1.29, 1.82) is 0 Å². The first-order valence-electron chi connectivity index (χ1n) is 11.4. The molecule has 0 aliphatic rings. The highest BCUT2D eigenvalue weighted by Gasteiger charge is 2.13. The molecule has 4 nitrogen and oxygen atoms in total. The molecule has 1 rings (SSSR count). The van der Waals surface area contributed by atoms with Gasteiger partial charge in [-0.05, 0) is 55.9 Å². The summed E-state index contributed by atoms with van der Waals surface area (Å²) in [5, 5.41) is 0.836. The van der Waals surface area contributed by atoms with Crippen molar-refractivity contribution in [2.24, 2.45) is 11.7 Å². The normalized spacial score (nSPS) is 9.97. The maximum atomic E-state index is 10.7. The molecule has 0 heterocycles. The van der Waals surface area contributed by atoms with Crippen molar-refractivity contribution in [2.75, 3.05) is 0 Å². The number of unbranched alkanes of at least 4 members (excludes halogenated alkanes) is 1. The Morgan fingerprint density at radius 2 is 1.61 bits per heavy atom. The highest BCUT2D eigenvalue weighted by atomic mass is 35.5. The third-order valence-corrected chi connectivity index (χ3v) is 4.54. The number of aryl methyl sites for hydroxylation is 2. The van der Waals surface area contributed by atoms with E-state index < -0.39 is 5.91 Å². The van der Waals surface area contributed by atoms with Crippen LogP contribution in [0.25, 0.3) is 0 Å². The van der Waals surface area contributed by atoms with Crippen LogP contribution < -0.4 is 5.73 Å². The number of Topliss-reactive ketones (excluding diaryl/α,β-unsaturated/α-hetero) is 1. The molecule has 1 unspecified atom stereocenters. The lowest BCUT2D eigenvalue weighted by atomic mass is 9.94. The SMILES string of the molecule is CC.CC(=O)CCC(=C=O)C(C)CC(N)=O.CCCC.CCCc1ccc(Cl)cc1C. The van der Waals surface area contributed by atoms with E-state index in [-0.39, 0.29) is 18.1 Å². The quantitative estimate of drug-likeness (QED) is 0.406. The Hall–Kier alpha value is -1.90. The van der Waals surface area contributed by atoms with E-state index in [4.69, 9.17) is 17.3 Å². The summed E-state index contributed by atoms with van der Waals surface area (Å²) in [7, 11) is 0. The number of allylic oxidation sites excluding steroid dienone is 1. The van der Waals surface area contributed by atoms with Gasteiger partial charge in [0.25, 0.3) is 0 Å². The minimum absolute atomic E-state index is 0.0176. The minimum Gasteiger partial charge on any atom is -0.370 e. The Morgan fingerprint density at radius 1 is 1.06 bits per heavy atom. The van der Waals surface area contributed by atoms with Gasteiger partial charge in [0.1, 0.15) is 11.7 Å². The average Bonchev–Trinajstić information content (AvgIpc) is 2.72. The summed E-state index contributed by atoms with van der Waals surface area (Å²) in [4.78, 5) is 31.8. The van der Waals surface area contributed by atoms with Crippen molar-refractivity contribution in [3.8, 4) is 0 Å². The topological polar surface area (TPSA) is 77.2 Å². The Kier molecular flexibility index (Phi) is 24.8. The number of rotatable bonds is 9. The Morgan fingerprint density at radius 3 is 1.97 bits per heavy atom. The number of hydrogen-bond donors (Lipinski definition) is 1. The number of halogens is 1. The van der Waals surface area contributed by atoms with E-state index in [9.17, 15) is 14.4 Å². The van der Waals surface area contributed by atoms with Crippen LogP contribution in [0.5, 0.6) is 0 Å². The number of ketones is 1. The molecule has 0 fully saturated rings. The first-order valence-corrected chi connectivity index (χ1v) is 11.8. The Labute approximate surface area is 195 Å². The van der Waals surface area contributed by atoms with E-state index in [0.29, 0.717) is 18.4 Å². The van der Waals surface area contributed by atoms with Crippen molar-refractivity contribution in [3.05, 3.63) is 39.9 Å². The molecule has 1 amide bonds. The molecule has 0 radical (unpaired) electrons. The second-order valence-corrected chi connectivity index (χ2v) is 7.66. The van der Waals surface area contributed by atoms with Gasteiger partial charge in [-0.1, -0.05) is 78.5 Å². The molecule has 0 saturated carbocycles. The van der Waals surface area contributed by atoms with Crippen molar-refractivity contribution >= 4 is 29.2 Å². The second-order valence-electron chi connectivity index (χ2n) is 7.22. The van der Waals surface area contributed by atoms with Crippen molar-refractivity contribution in [1.82, 2.24) is 0 Å². The summed E-state index contributed by atoms with van der Waals surface area (Å²) in [5.41, 5.74) is 8.17. The van der Waals surface area contributed by atoms with Crippen molar-refractivity contribution in [3.63, 3.8) is 0 Å². The third kappa shape index (κ3) is 21.1. The largest absolute Gasteiger partial charge is 0.370 e. The fourth-order valence-corrected chi connectivity index (χ4v) is 2.57. The summed E-state index contributed by atoms with van der Waals surface area (Å²) in [6, 6.07) is 6.09. The summed E-state index contributed by atoms with van der Waals surface area (Å²) < 4.78 is 0. The number of hydrogen-bond acceptors (Lipinski definition) is 3. The maximum Gasteiger partial charge on any atom is 0.218 e. The van der Waals surface area contributed by atoms with Crippen molar-refractivity contribution < 1.29 is 14.4 Å². The van der Waals surface area contributed by atoms with Gasteiger partial charge in [-0.3, -0.25) is 4.79 Å². The maximum absolute atomic E-state index is 10.7. The van der Waals surface area contributed by atoms with Gasteiger partial charge < -0.3 is 10.5 Å². The smallest absolute Gasteiger partial charge is 0.218 e. The summed E-state index contributed by atoms with van der Waals surface area (Å²) in [6.45, 7) is 15.8. The van der Waals surface area contributed by atoms with Gasteiger partial charge in [0.05, 0.1) is 0 Å². The van der Waals surface area contributed by atoms with E-state index in [1.165, 1.54) is 37.3 Å². The number of nitrogens with two attached hydrogens (primary N) is 1. The van der Waals surface area contributed by atoms with Crippen LogP contribution in [-0.2, 0) is 20.8 Å². The second kappa shape index (κ2) is 22.8. The Balaban J connectivity index is -0.000000409. The highest BCUT2D eigenvalue weighted by Crippen LogP contribution is 2.17. The molecule has 0 aliphatic carbocycles. The van der Waals surface area contributed by atoms with Crippen LogP contribution in [-0.4, -0.2) is 17.6 Å². The lowest BCUT2D eigenvalue weighted by molar-refractivity contribution is -0.118. The average molecular weight is 454 g/mol. The van der Waals surface area contributed by atoms with Crippen LogP contribution in [0.4, 0.5) is 0 Å². The van der Waals surface area contributed by atoms with Gasteiger partial charge >= 0.3 is 0 Å². The van der Waals surface area contributed by atoms with Crippen LogP contribution in [0.15, 0.2) is 23.8 Å². The lowest BCUT2D eigenvalue weighted by Gasteiger charge is -2.09. The first-order chi connectivity index (χ1) is 14.6. The molecule has 1 aromatic rings. The molecular weight excluding hydrogens is 410 g/mol. The van der Waals surface area contributed by atoms with Crippen LogP contribution in [0, 0.1) is 12.8 Å². The zero-order chi connectivity index (χ0) is 24.8. The Bertz CT molecular complexity index is 663. The molecule has 0 saturated heterocycles. The van der Waals surface area contributed by atoms with Crippen LogP contribution in [0.1, 0.15) is 98.1 Å². The van der Waals surface area contributed by atoms with E-state index >= 15 is 0 Å². The molecule has 0 spiro atoms. The monoisotopic (exact) mass is 453 g/mol. The van der Waals surface area contributed by atoms with Gasteiger partial charge in [0.15, 0.2) is 0 Å².